The van der Waals surface area contributed by atoms with E-state index >= 15 is 0 Å². The Kier molecular flexibility index (Phi) is 4.90. The van der Waals surface area contributed by atoms with Gasteiger partial charge in [0.25, 0.3) is 0 Å². The molecule has 1 heterocycles. The number of hydrogen-bond donors (Lipinski definition) is 1. The number of benzene rings is 1. The van der Waals surface area contributed by atoms with Gasteiger partial charge in [0.15, 0.2) is 0 Å². The standard InChI is InChI=1S/C18H27BO4S/c1-11-13(15(20)21-16(2,3)4)9-12(24)10-14(11)19-22-17(5,6)18(7,8)23-19/h9-10,24H,1-8H3. The van der Waals surface area contributed by atoms with Crippen LogP contribution in [0.2, 0.25) is 0 Å². The second-order valence-electron chi connectivity index (χ2n) is 8.30. The summed E-state index contributed by atoms with van der Waals surface area (Å²) < 4.78 is 17.7. The van der Waals surface area contributed by atoms with Gasteiger partial charge in [-0.25, -0.2) is 4.79 Å². The fraction of sp³-hybridized carbons (Fsp3) is 0.611. The number of esters is 1. The molecule has 0 N–H and O–H groups in total. The summed E-state index contributed by atoms with van der Waals surface area (Å²) in [5.74, 6) is -0.367. The van der Waals surface area contributed by atoms with Gasteiger partial charge in [-0.2, -0.15) is 0 Å². The number of thiol groups is 1. The van der Waals surface area contributed by atoms with E-state index in [4.69, 9.17) is 14.0 Å². The molecule has 1 aromatic rings. The van der Waals surface area contributed by atoms with Crippen molar-refractivity contribution in [1.29, 1.82) is 0 Å². The third-order valence-corrected chi connectivity index (χ3v) is 4.82. The van der Waals surface area contributed by atoms with Crippen molar-refractivity contribution in [3.63, 3.8) is 0 Å². The maximum absolute atomic E-state index is 12.5. The largest absolute Gasteiger partial charge is 0.495 e. The summed E-state index contributed by atoms with van der Waals surface area (Å²) in [6, 6.07) is 3.61. The van der Waals surface area contributed by atoms with Crippen LogP contribution >= 0.6 is 12.6 Å². The molecule has 0 saturated carbocycles. The smallest absolute Gasteiger partial charge is 0.456 e. The first-order chi connectivity index (χ1) is 10.7. The minimum absolute atomic E-state index is 0.367. The van der Waals surface area contributed by atoms with Crippen molar-refractivity contribution in [3.8, 4) is 0 Å². The predicted molar refractivity (Wildman–Crippen MR) is 99.3 cm³/mol. The summed E-state index contributed by atoms with van der Waals surface area (Å²) in [6.45, 7) is 15.4. The van der Waals surface area contributed by atoms with E-state index in [-0.39, 0.29) is 5.97 Å². The summed E-state index contributed by atoms with van der Waals surface area (Å²) >= 11 is 4.44. The van der Waals surface area contributed by atoms with Crippen LogP contribution in [0.5, 0.6) is 0 Å². The molecule has 6 heteroatoms. The number of ether oxygens (including phenoxy) is 1. The highest BCUT2D eigenvalue weighted by atomic mass is 32.1. The zero-order chi connectivity index (χ0) is 18.5. The van der Waals surface area contributed by atoms with Crippen LogP contribution in [0.3, 0.4) is 0 Å². The van der Waals surface area contributed by atoms with Crippen LogP contribution < -0.4 is 5.46 Å². The summed E-state index contributed by atoms with van der Waals surface area (Å²) in [7, 11) is -0.539. The van der Waals surface area contributed by atoms with E-state index in [2.05, 4.69) is 12.6 Å². The van der Waals surface area contributed by atoms with Gasteiger partial charge < -0.3 is 14.0 Å². The lowest BCUT2D eigenvalue weighted by molar-refractivity contribution is 0.00578. The van der Waals surface area contributed by atoms with Gasteiger partial charge >= 0.3 is 13.1 Å². The Bertz CT molecular complexity index is 646. The van der Waals surface area contributed by atoms with Crippen LogP contribution in [0.1, 0.15) is 64.4 Å². The van der Waals surface area contributed by atoms with E-state index in [0.29, 0.717) is 10.5 Å². The van der Waals surface area contributed by atoms with Gasteiger partial charge in [-0.3, -0.25) is 0 Å². The van der Waals surface area contributed by atoms with Crippen LogP contribution in [0.15, 0.2) is 17.0 Å². The summed E-state index contributed by atoms with van der Waals surface area (Å²) in [4.78, 5) is 13.2. The third kappa shape index (κ3) is 3.81. The fourth-order valence-corrected chi connectivity index (χ4v) is 2.75. The highest BCUT2D eigenvalue weighted by Gasteiger charge is 2.52. The minimum atomic E-state index is -0.555. The Balaban J connectivity index is 2.42. The monoisotopic (exact) mass is 350 g/mol. The van der Waals surface area contributed by atoms with E-state index in [1.807, 2.05) is 61.5 Å². The lowest BCUT2D eigenvalue weighted by Gasteiger charge is -2.32. The van der Waals surface area contributed by atoms with Crippen molar-refractivity contribution in [2.45, 2.75) is 77.1 Å². The van der Waals surface area contributed by atoms with Crippen LogP contribution in [0.4, 0.5) is 0 Å². The Morgan fingerprint density at radius 2 is 1.62 bits per heavy atom. The van der Waals surface area contributed by atoms with Gasteiger partial charge in [0, 0.05) is 4.90 Å². The summed E-state index contributed by atoms with van der Waals surface area (Å²) in [6.07, 6.45) is 0. The van der Waals surface area contributed by atoms with Crippen molar-refractivity contribution >= 4 is 31.2 Å². The first-order valence-electron chi connectivity index (χ1n) is 8.16. The number of hydrogen-bond acceptors (Lipinski definition) is 5. The molecule has 0 unspecified atom stereocenters. The fourth-order valence-electron chi connectivity index (χ4n) is 2.48. The molecule has 24 heavy (non-hydrogen) atoms. The van der Waals surface area contributed by atoms with Gasteiger partial charge in [0.05, 0.1) is 16.8 Å². The first-order valence-corrected chi connectivity index (χ1v) is 8.61. The first kappa shape index (κ1) is 19.4. The van der Waals surface area contributed by atoms with Crippen LogP contribution in [0.25, 0.3) is 0 Å². The normalized spacial score (nSPS) is 19.5. The Morgan fingerprint density at radius 3 is 2.08 bits per heavy atom. The molecular weight excluding hydrogens is 323 g/mol. The molecule has 0 amide bonds. The molecule has 1 aliphatic rings. The maximum atomic E-state index is 12.5. The second kappa shape index (κ2) is 6.08. The summed E-state index contributed by atoms with van der Waals surface area (Å²) in [5.41, 5.74) is 0.649. The maximum Gasteiger partial charge on any atom is 0.495 e. The van der Waals surface area contributed by atoms with Gasteiger partial charge in [-0.15, -0.1) is 12.6 Å². The molecule has 132 valence electrons. The van der Waals surface area contributed by atoms with E-state index in [9.17, 15) is 4.79 Å². The Labute approximate surface area is 150 Å². The van der Waals surface area contributed by atoms with Gasteiger partial charge in [0.1, 0.15) is 5.60 Å². The Morgan fingerprint density at radius 1 is 1.12 bits per heavy atom. The zero-order valence-electron chi connectivity index (χ0n) is 15.8. The average Bonchev–Trinajstić information content (AvgIpc) is 2.58. The average molecular weight is 350 g/mol. The third-order valence-electron chi connectivity index (χ3n) is 4.56. The van der Waals surface area contributed by atoms with Crippen molar-refractivity contribution in [2.24, 2.45) is 0 Å². The Hall–Kier alpha value is -0.975. The van der Waals surface area contributed by atoms with E-state index in [0.717, 1.165) is 11.0 Å². The number of carbonyl (C=O) groups excluding carboxylic acids is 1. The molecule has 1 saturated heterocycles. The van der Waals surface area contributed by atoms with Gasteiger partial charge in [0.2, 0.25) is 0 Å². The molecular formula is C18H27BO4S. The van der Waals surface area contributed by atoms with Gasteiger partial charge in [-0.1, -0.05) is 0 Å². The second-order valence-corrected chi connectivity index (χ2v) is 8.81. The van der Waals surface area contributed by atoms with Crippen LogP contribution in [-0.4, -0.2) is 29.9 Å². The van der Waals surface area contributed by atoms with Crippen LogP contribution in [0, 0.1) is 6.92 Å². The molecule has 4 nitrogen and oxygen atoms in total. The van der Waals surface area contributed by atoms with E-state index < -0.39 is 23.9 Å². The molecule has 0 spiro atoms. The lowest BCUT2D eigenvalue weighted by atomic mass is 9.75. The van der Waals surface area contributed by atoms with E-state index in [1.54, 1.807) is 6.07 Å². The minimum Gasteiger partial charge on any atom is -0.456 e. The number of carbonyl (C=O) groups is 1. The highest BCUT2D eigenvalue weighted by Crippen LogP contribution is 2.37. The molecule has 0 aliphatic carbocycles. The van der Waals surface area contributed by atoms with Crippen molar-refractivity contribution in [3.05, 3.63) is 23.3 Å². The predicted octanol–water partition coefficient (Wildman–Crippen LogP) is 3.54. The molecule has 0 aromatic heterocycles. The summed E-state index contributed by atoms with van der Waals surface area (Å²) in [5, 5.41) is 0. The lowest BCUT2D eigenvalue weighted by Crippen LogP contribution is -2.41. The molecule has 0 atom stereocenters. The highest BCUT2D eigenvalue weighted by molar-refractivity contribution is 7.80. The number of rotatable bonds is 2. The van der Waals surface area contributed by atoms with Crippen LogP contribution in [-0.2, 0) is 14.0 Å². The van der Waals surface area contributed by atoms with E-state index in [1.165, 1.54) is 0 Å². The molecule has 2 rings (SSSR count). The van der Waals surface area contributed by atoms with Crippen molar-refractivity contribution in [2.75, 3.05) is 0 Å². The molecule has 1 aliphatic heterocycles. The SMILES string of the molecule is Cc1c(B2OC(C)(C)C(C)(C)O2)cc(S)cc1C(=O)OC(C)(C)C. The van der Waals surface area contributed by atoms with Crippen molar-refractivity contribution in [1.82, 2.24) is 0 Å². The molecule has 1 aromatic carbocycles. The topological polar surface area (TPSA) is 44.8 Å². The zero-order valence-corrected chi connectivity index (χ0v) is 16.7. The quantitative estimate of drug-likeness (QED) is 0.503. The molecule has 0 radical (unpaired) electrons. The molecule has 1 fully saturated rings. The molecule has 0 bridgehead atoms. The van der Waals surface area contributed by atoms with Gasteiger partial charge in [-0.05, 0) is 78.5 Å². The van der Waals surface area contributed by atoms with Crippen molar-refractivity contribution < 1.29 is 18.8 Å².